The normalized spacial score (nSPS) is 9.50. The summed E-state index contributed by atoms with van der Waals surface area (Å²) in [5.74, 6) is -0.740. The first-order valence-corrected chi connectivity index (χ1v) is 4.91. The molecular formula is C10H18N2O4. The fourth-order valence-corrected chi connectivity index (χ4v) is 0.921. The van der Waals surface area contributed by atoms with Crippen LogP contribution in [0.4, 0.5) is 0 Å². The highest BCUT2D eigenvalue weighted by Gasteiger charge is 2.14. The number of likely N-dealkylation sites (N-methyl/N-ethyl adjacent to an activating group) is 2. The summed E-state index contributed by atoms with van der Waals surface area (Å²) in [5.41, 5.74) is 0. The molecule has 0 bridgehead atoms. The number of rotatable bonds is 5. The molecule has 0 atom stereocenters. The number of carbonyl (C=O) groups excluding carboxylic acids is 3. The summed E-state index contributed by atoms with van der Waals surface area (Å²) in [7, 11) is 4.43. The van der Waals surface area contributed by atoms with Crippen molar-refractivity contribution in [3.05, 3.63) is 0 Å². The maximum absolute atomic E-state index is 11.5. The van der Waals surface area contributed by atoms with Gasteiger partial charge in [-0.3, -0.25) is 14.4 Å². The van der Waals surface area contributed by atoms with Crippen molar-refractivity contribution in [2.75, 3.05) is 34.3 Å². The number of carbonyl (C=O) groups is 3. The third-order valence-corrected chi connectivity index (χ3v) is 2.21. The number of hydrogen-bond donors (Lipinski definition) is 0. The van der Waals surface area contributed by atoms with Crippen molar-refractivity contribution >= 4 is 17.8 Å². The summed E-state index contributed by atoms with van der Waals surface area (Å²) >= 11 is 0. The quantitative estimate of drug-likeness (QED) is 0.596. The lowest BCUT2D eigenvalue weighted by atomic mass is 10.3. The molecule has 0 aromatic heterocycles. The average Bonchev–Trinajstić information content (AvgIpc) is 2.24. The number of esters is 1. The molecule has 0 radical (unpaired) electrons. The molecule has 0 saturated heterocycles. The van der Waals surface area contributed by atoms with Gasteiger partial charge in [0, 0.05) is 27.6 Å². The van der Waals surface area contributed by atoms with E-state index in [1.807, 2.05) is 0 Å². The Morgan fingerprint density at radius 2 is 1.69 bits per heavy atom. The maximum atomic E-state index is 11.5. The second-order valence-electron chi connectivity index (χ2n) is 3.52. The van der Waals surface area contributed by atoms with Crippen LogP contribution in [0.1, 0.15) is 13.3 Å². The Labute approximate surface area is 95.1 Å². The molecule has 6 heteroatoms. The number of hydrogen-bond acceptors (Lipinski definition) is 4. The van der Waals surface area contributed by atoms with Gasteiger partial charge >= 0.3 is 5.97 Å². The van der Waals surface area contributed by atoms with Crippen molar-refractivity contribution in [1.29, 1.82) is 0 Å². The minimum absolute atomic E-state index is 0.0208. The predicted octanol–water partition coefficient (Wildman–Crippen LogP) is -0.514. The van der Waals surface area contributed by atoms with Crippen LogP contribution in [0.15, 0.2) is 0 Å². The summed E-state index contributed by atoms with van der Waals surface area (Å²) in [6, 6.07) is 0. The zero-order valence-electron chi connectivity index (χ0n) is 10.1. The number of amides is 2. The number of methoxy groups -OCH3 is 1. The lowest BCUT2D eigenvalue weighted by Gasteiger charge is -2.20. The van der Waals surface area contributed by atoms with Crippen LogP contribution < -0.4 is 0 Å². The lowest BCUT2D eigenvalue weighted by Crippen LogP contribution is -2.39. The van der Waals surface area contributed by atoms with Gasteiger partial charge in [0.05, 0.1) is 20.1 Å². The van der Waals surface area contributed by atoms with Gasteiger partial charge in [0.15, 0.2) is 0 Å². The molecule has 92 valence electrons. The van der Waals surface area contributed by atoms with Crippen LogP contribution in [0.2, 0.25) is 0 Å². The average molecular weight is 230 g/mol. The van der Waals surface area contributed by atoms with E-state index in [9.17, 15) is 14.4 Å². The molecule has 0 heterocycles. The van der Waals surface area contributed by atoms with Gasteiger partial charge in [-0.05, 0) is 0 Å². The first kappa shape index (κ1) is 14.4. The predicted molar refractivity (Wildman–Crippen MR) is 57.6 cm³/mol. The van der Waals surface area contributed by atoms with Gasteiger partial charge in [-0.1, -0.05) is 0 Å². The molecule has 0 aromatic rings. The van der Waals surface area contributed by atoms with Gasteiger partial charge in [-0.25, -0.2) is 0 Å². The molecule has 0 N–H and O–H groups in total. The highest BCUT2D eigenvalue weighted by atomic mass is 16.5. The second-order valence-corrected chi connectivity index (χ2v) is 3.52. The van der Waals surface area contributed by atoms with E-state index in [1.165, 1.54) is 23.8 Å². The summed E-state index contributed by atoms with van der Waals surface area (Å²) in [4.78, 5) is 36.0. The van der Waals surface area contributed by atoms with Crippen molar-refractivity contribution in [2.24, 2.45) is 0 Å². The van der Waals surface area contributed by atoms with Crippen molar-refractivity contribution < 1.29 is 19.1 Å². The molecule has 0 saturated carbocycles. The Morgan fingerprint density at radius 3 is 2.12 bits per heavy atom. The van der Waals surface area contributed by atoms with Crippen molar-refractivity contribution in [1.82, 2.24) is 9.80 Å². The van der Waals surface area contributed by atoms with E-state index < -0.39 is 0 Å². The molecular weight excluding hydrogens is 212 g/mol. The Bertz CT molecular complexity index is 278. The topological polar surface area (TPSA) is 66.9 Å². The van der Waals surface area contributed by atoms with Crippen molar-refractivity contribution in [2.45, 2.75) is 13.3 Å². The van der Waals surface area contributed by atoms with E-state index in [0.717, 1.165) is 0 Å². The highest BCUT2D eigenvalue weighted by Crippen LogP contribution is 1.93. The molecule has 2 amide bonds. The fourth-order valence-electron chi connectivity index (χ4n) is 0.921. The van der Waals surface area contributed by atoms with Gasteiger partial charge in [-0.15, -0.1) is 0 Å². The van der Waals surface area contributed by atoms with Crippen LogP contribution >= 0.6 is 0 Å². The van der Waals surface area contributed by atoms with E-state index in [0.29, 0.717) is 0 Å². The third kappa shape index (κ3) is 5.33. The summed E-state index contributed by atoms with van der Waals surface area (Å²) in [5, 5.41) is 0. The van der Waals surface area contributed by atoms with Gasteiger partial charge in [-0.2, -0.15) is 0 Å². The Kier molecular flexibility index (Phi) is 6.14. The minimum Gasteiger partial charge on any atom is -0.469 e. The van der Waals surface area contributed by atoms with E-state index in [2.05, 4.69) is 4.74 Å². The zero-order chi connectivity index (χ0) is 12.7. The second kappa shape index (κ2) is 6.81. The van der Waals surface area contributed by atoms with Crippen LogP contribution in [0.25, 0.3) is 0 Å². The molecule has 0 aliphatic carbocycles. The zero-order valence-corrected chi connectivity index (χ0v) is 10.1. The minimum atomic E-state index is -0.362. The largest absolute Gasteiger partial charge is 0.469 e. The van der Waals surface area contributed by atoms with Crippen LogP contribution in [0.5, 0.6) is 0 Å². The van der Waals surface area contributed by atoms with Gasteiger partial charge in [0.25, 0.3) is 0 Å². The van der Waals surface area contributed by atoms with Crippen LogP contribution in [-0.4, -0.2) is 61.9 Å². The Hall–Kier alpha value is -1.59. The van der Waals surface area contributed by atoms with E-state index in [1.54, 1.807) is 14.1 Å². The van der Waals surface area contributed by atoms with Gasteiger partial charge < -0.3 is 14.5 Å². The number of ether oxygens (including phenoxy) is 1. The standard InChI is InChI=1S/C10H18N2O4/c1-8(13)12(3)7-9(14)11(2)6-5-10(15)16-4/h5-7H2,1-4H3. The van der Waals surface area contributed by atoms with Gasteiger partial charge in [0.2, 0.25) is 11.8 Å². The van der Waals surface area contributed by atoms with E-state index in [4.69, 9.17) is 0 Å². The van der Waals surface area contributed by atoms with Gasteiger partial charge in [0.1, 0.15) is 0 Å². The third-order valence-electron chi connectivity index (χ3n) is 2.21. The Balaban J connectivity index is 3.99. The maximum Gasteiger partial charge on any atom is 0.307 e. The summed E-state index contributed by atoms with van der Waals surface area (Å²) < 4.78 is 4.46. The molecule has 16 heavy (non-hydrogen) atoms. The molecule has 0 aromatic carbocycles. The molecule has 0 spiro atoms. The van der Waals surface area contributed by atoms with Crippen LogP contribution in [-0.2, 0) is 19.1 Å². The van der Waals surface area contributed by atoms with E-state index >= 15 is 0 Å². The molecule has 0 aliphatic rings. The molecule has 0 fully saturated rings. The van der Waals surface area contributed by atoms with E-state index in [-0.39, 0.29) is 37.3 Å². The van der Waals surface area contributed by atoms with Crippen molar-refractivity contribution in [3.63, 3.8) is 0 Å². The summed E-state index contributed by atoms with van der Waals surface area (Å²) in [6.45, 7) is 1.70. The lowest BCUT2D eigenvalue weighted by molar-refractivity contribution is -0.142. The highest BCUT2D eigenvalue weighted by molar-refractivity contribution is 5.83. The molecule has 0 unspecified atom stereocenters. The van der Waals surface area contributed by atoms with Crippen LogP contribution in [0.3, 0.4) is 0 Å². The monoisotopic (exact) mass is 230 g/mol. The SMILES string of the molecule is COC(=O)CCN(C)C(=O)CN(C)C(C)=O. The number of nitrogens with zero attached hydrogens (tertiary/aromatic N) is 2. The first-order chi connectivity index (χ1) is 7.38. The fraction of sp³-hybridized carbons (Fsp3) is 0.700. The van der Waals surface area contributed by atoms with Crippen LogP contribution in [0, 0.1) is 0 Å². The summed E-state index contributed by atoms with van der Waals surface area (Å²) in [6.07, 6.45) is 0.155. The van der Waals surface area contributed by atoms with Crippen molar-refractivity contribution in [3.8, 4) is 0 Å². The Morgan fingerprint density at radius 1 is 1.12 bits per heavy atom. The first-order valence-electron chi connectivity index (χ1n) is 4.91. The molecule has 0 aliphatic heterocycles. The molecule has 6 nitrogen and oxygen atoms in total. The molecule has 0 rings (SSSR count). The smallest absolute Gasteiger partial charge is 0.307 e.